The number of aryl methyl sites for hydroxylation is 1. The Bertz CT molecular complexity index is 633. The molecule has 5 nitrogen and oxygen atoms in total. The maximum atomic E-state index is 11.2. The number of hydrogen-bond acceptors (Lipinski definition) is 3. The lowest BCUT2D eigenvalue weighted by molar-refractivity contribution is 0.0697. The number of hydrogen-bond donors (Lipinski definition) is 2. The molecule has 2 heterocycles. The molecular weight excluding hydrogens is 242 g/mol. The van der Waals surface area contributed by atoms with Crippen LogP contribution in [-0.4, -0.2) is 20.6 Å². The molecule has 2 aromatic rings. The van der Waals surface area contributed by atoms with E-state index >= 15 is 0 Å². The monoisotopic (exact) mass is 257 g/mol. The molecule has 1 aliphatic rings. The van der Waals surface area contributed by atoms with Gasteiger partial charge in [-0.3, -0.25) is 0 Å². The number of benzene rings is 1. The number of carboxylic acid groups (broad SMARTS) is 1. The summed E-state index contributed by atoms with van der Waals surface area (Å²) in [7, 11) is 0. The number of fused-ring (bicyclic) bond motifs is 1. The van der Waals surface area contributed by atoms with E-state index in [1.54, 1.807) is 18.2 Å². The van der Waals surface area contributed by atoms with Crippen molar-refractivity contribution < 1.29 is 9.90 Å². The van der Waals surface area contributed by atoms with Crippen LogP contribution in [0.15, 0.2) is 30.5 Å². The minimum absolute atomic E-state index is 0.0537. The van der Waals surface area contributed by atoms with Gasteiger partial charge in [0.1, 0.15) is 5.82 Å². The minimum atomic E-state index is -0.939. The highest BCUT2D eigenvalue weighted by atomic mass is 16.4. The number of imidazole rings is 1. The summed E-state index contributed by atoms with van der Waals surface area (Å²) < 4.78 is 1.96. The second-order valence-corrected chi connectivity index (χ2v) is 4.76. The minimum Gasteiger partial charge on any atom is -0.478 e. The van der Waals surface area contributed by atoms with Gasteiger partial charge in [0.15, 0.2) is 0 Å². The molecule has 0 bridgehead atoms. The summed E-state index contributed by atoms with van der Waals surface area (Å²) in [6.45, 7) is 0. The first-order chi connectivity index (χ1) is 9.16. The molecule has 0 aliphatic carbocycles. The van der Waals surface area contributed by atoms with Crippen LogP contribution in [0.25, 0.3) is 11.3 Å². The molecule has 0 saturated carbocycles. The number of nitrogens with zero attached hydrogens (tertiary/aromatic N) is 2. The number of nitrogens with two attached hydrogens (primary N) is 1. The van der Waals surface area contributed by atoms with E-state index in [-0.39, 0.29) is 11.7 Å². The van der Waals surface area contributed by atoms with Gasteiger partial charge in [-0.15, -0.1) is 0 Å². The van der Waals surface area contributed by atoms with Crippen molar-refractivity contribution in [1.82, 2.24) is 9.55 Å². The molecule has 1 aromatic carbocycles. The van der Waals surface area contributed by atoms with Gasteiger partial charge in [0.05, 0.1) is 17.4 Å². The molecular formula is C14H15N3O2. The zero-order chi connectivity index (χ0) is 13.4. The van der Waals surface area contributed by atoms with Crippen LogP contribution < -0.4 is 5.73 Å². The standard InChI is InChI=1S/C14H15N3O2/c15-12-6-3-7-13-16-11(8-17(12)13)9-4-1-2-5-10(9)14(18)19/h1-2,4-5,8,12H,3,6-7,15H2,(H,18,19). The Labute approximate surface area is 110 Å². The van der Waals surface area contributed by atoms with E-state index in [0.29, 0.717) is 11.3 Å². The van der Waals surface area contributed by atoms with Crippen LogP contribution in [0.5, 0.6) is 0 Å². The van der Waals surface area contributed by atoms with Gasteiger partial charge in [0.2, 0.25) is 0 Å². The summed E-state index contributed by atoms with van der Waals surface area (Å²) >= 11 is 0. The van der Waals surface area contributed by atoms with Crippen LogP contribution in [0.1, 0.15) is 35.2 Å². The van der Waals surface area contributed by atoms with E-state index in [9.17, 15) is 9.90 Å². The summed E-state index contributed by atoms with van der Waals surface area (Å²) in [5.74, 6) is -0.000174. The highest BCUT2D eigenvalue weighted by molar-refractivity contribution is 5.95. The highest BCUT2D eigenvalue weighted by Gasteiger charge is 2.20. The van der Waals surface area contributed by atoms with Gasteiger partial charge in [0.25, 0.3) is 0 Å². The van der Waals surface area contributed by atoms with E-state index < -0.39 is 5.97 Å². The molecule has 0 saturated heterocycles. The third-order valence-electron chi connectivity index (χ3n) is 3.50. The first-order valence-corrected chi connectivity index (χ1v) is 6.33. The predicted octanol–water partition coefficient (Wildman–Crippen LogP) is 2.04. The van der Waals surface area contributed by atoms with Gasteiger partial charge in [-0.2, -0.15) is 0 Å². The van der Waals surface area contributed by atoms with Crippen molar-refractivity contribution in [1.29, 1.82) is 0 Å². The maximum absolute atomic E-state index is 11.2. The lowest BCUT2D eigenvalue weighted by Gasteiger charge is -2.20. The molecule has 1 unspecified atom stereocenters. The van der Waals surface area contributed by atoms with Gasteiger partial charge < -0.3 is 15.4 Å². The number of aromatic carboxylic acids is 1. The Morgan fingerprint density at radius 1 is 1.42 bits per heavy atom. The molecule has 0 spiro atoms. The number of carbonyl (C=O) groups is 1. The Morgan fingerprint density at radius 2 is 2.21 bits per heavy atom. The van der Waals surface area contributed by atoms with Crippen molar-refractivity contribution >= 4 is 5.97 Å². The Kier molecular flexibility index (Phi) is 2.83. The fourth-order valence-corrected chi connectivity index (χ4v) is 2.54. The van der Waals surface area contributed by atoms with Crippen molar-refractivity contribution in [2.24, 2.45) is 5.73 Å². The van der Waals surface area contributed by atoms with E-state index in [4.69, 9.17) is 5.73 Å². The van der Waals surface area contributed by atoms with Crippen molar-refractivity contribution in [2.75, 3.05) is 0 Å². The Balaban J connectivity index is 2.11. The fourth-order valence-electron chi connectivity index (χ4n) is 2.54. The average Bonchev–Trinajstić information content (AvgIpc) is 2.84. The van der Waals surface area contributed by atoms with E-state index in [0.717, 1.165) is 25.1 Å². The van der Waals surface area contributed by atoms with Crippen LogP contribution in [-0.2, 0) is 6.42 Å². The van der Waals surface area contributed by atoms with Gasteiger partial charge in [-0.05, 0) is 18.9 Å². The average molecular weight is 257 g/mol. The molecule has 3 N–H and O–H groups in total. The molecule has 0 fully saturated rings. The zero-order valence-electron chi connectivity index (χ0n) is 10.4. The van der Waals surface area contributed by atoms with Crippen LogP contribution >= 0.6 is 0 Å². The summed E-state index contributed by atoms with van der Waals surface area (Å²) in [4.78, 5) is 15.8. The molecule has 1 aliphatic heterocycles. The summed E-state index contributed by atoms with van der Waals surface area (Å²) in [6, 6.07) is 6.91. The van der Waals surface area contributed by atoms with Crippen LogP contribution in [0.4, 0.5) is 0 Å². The van der Waals surface area contributed by atoms with Crippen molar-refractivity contribution in [2.45, 2.75) is 25.4 Å². The van der Waals surface area contributed by atoms with E-state index in [2.05, 4.69) is 4.98 Å². The normalized spacial score (nSPS) is 18.1. The van der Waals surface area contributed by atoms with E-state index in [1.165, 1.54) is 0 Å². The van der Waals surface area contributed by atoms with Crippen molar-refractivity contribution in [3.63, 3.8) is 0 Å². The third-order valence-corrected chi connectivity index (χ3v) is 3.50. The second kappa shape index (κ2) is 4.51. The summed E-state index contributed by atoms with van der Waals surface area (Å²) in [6.07, 6.45) is 4.66. The van der Waals surface area contributed by atoms with Crippen molar-refractivity contribution in [3.05, 3.63) is 41.9 Å². The lowest BCUT2D eigenvalue weighted by atomic mass is 10.1. The smallest absolute Gasteiger partial charge is 0.336 e. The third kappa shape index (κ3) is 2.02. The molecule has 0 radical (unpaired) electrons. The maximum Gasteiger partial charge on any atom is 0.336 e. The van der Waals surface area contributed by atoms with Crippen LogP contribution in [0, 0.1) is 0 Å². The quantitative estimate of drug-likeness (QED) is 0.862. The number of carboxylic acids is 1. The zero-order valence-corrected chi connectivity index (χ0v) is 10.4. The molecule has 3 rings (SSSR count). The second-order valence-electron chi connectivity index (χ2n) is 4.76. The van der Waals surface area contributed by atoms with Crippen molar-refractivity contribution in [3.8, 4) is 11.3 Å². The molecule has 0 amide bonds. The SMILES string of the molecule is NC1CCCc2nc(-c3ccccc3C(=O)O)cn21. The Hall–Kier alpha value is -2.14. The van der Waals surface area contributed by atoms with E-state index in [1.807, 2.05) is 16.8 Å². The molecule has 5 heteroatoms. The lowest BCUT2D eigenvalue weighted by Crippen LogP contribution is -2.24. The first-order valence-electron chi connectivity index (χ1n) is 6.33. The number of aromatic nitrogens is 2. The topological polar surface area (TPSA) is 81.1 Å². The predicted molar refractivity (Wildman–Crippen MR) is 70.8 cm³/mol. The van der Waals surface area contributed by atoms with Gasteiger partial charge in [-0.25, -0.2) is 9.78 Å². The Morgan fingerprint density at radius 3 is 2.95 bits per heavy atom. The molecule has 19 heavy (non-hydrogen) atoms. The van der Waals surface area contributed by atoms with Crippen LogP contribution in [0.2, 0.25) is 0 Å². The fraction of sp³-hybridized carbons (Fsp3) is 0.286. The summed E-state index contributed by atoms with van der Waals surface area (Å²) in [5, 5.41) is 9.22. The molecule has 1 aromatic heterocycles. The van der Waals surface area contributed by atoms with Gasteiger partial charge in [0, 0.05) is 18.2 Å². The van der Waals surface area contributed by atoms with Gasteiger partial charge >= 0.3 is 5.97 Å². The first kappa shape index (κ1) is 11.9. The molecule has 1 atom stereocenters. The summed E-state index contributed by atoms with van der Waals surface area (Å²) in [5.41, 5.74) is 7.64. The van der Waals surface area contributed by atoms with Crippen LogP contribution in [0.3, 0.4) is 0 Å². The molecule has 98 valence electrons. The van der Waals surface area contributed by atoms with Gasteiger partial charge in [-0.1, -0.05) is 18.2 Å². The highest BCUT2D eigenvalue weighted by Crippen LogP contribution is 2.28. The number of rotatable bonds is 2. The largest absolute Gasteiger partial charge is 0.478 e.